The van der Waals surface area contributed by atoms with Crippen LogP contribution >= 0.6 is 11.7 Å². The van der Waals surface area contributed by atoms with Crippen molar-refractivity contribution in [2.75, 3.05) is 0 Å². The van der Waals surface area contributed by atoms with Crippen molar-refractivity contribution in [2.45, 2.75) is 6.54 Å². The van der Waals surface area contributed by atoms with Gasteiger partial charge in [0, 0.05) is 23.8 Å². The maximum absolute atomic E-state index is 11.2. The standard InChI is InChI=1S/C9H9N3OS/c10-5-6-1-3-7(4-2-6)8-9(13)12-14-11-8/h1-4H,5,10H2,(H,12,13). The fourth-order valence-corrected chi connectivity index (χ4v) is 1.69. The van der Waals surface area contributed by atoms with Crippen LogP contribution in [0.1, 0.15) is 5.56 Å². The van der Waals surface area contributed by atoms with Crippen molar-refractivity contribution in [3.63, 3.8) is 0 Å². The molecule has 3 N–H and O–H groups in total. The zero-order chi connectivity index (χ0) is 9.97. The van der Waals surface area contributed by atoms with Gasteiger partial charge in [0.05, 0.1) is 0 Å². The monoisotopic (exact) mass is 207 g/mol. The second-order valence-corrected chi connectivity index (χ2v) is 3.43. The molecule has 0 atom stereocenters. The molecule has 0 saturated carbocycles. The molecular formula is C9H9N3OS. The van der Waals surface area contributed by atoms with Gasteiger partial charge in [-0.05, 0) is 5.56 Å². The quantitative estimate of drug-likeness (QED) is 0.770. The first-order chi connectivity index (χ1) is 6.81. The van der Waals surface area contributed by atoms with Crippen molar-refractivity contribution < 1.29 is 0 Å². The summed E-state index contributed by atoms with van der Waals surface area (Å²) in [5, 5.41) is 0. The predicted molar refractivity (Wildman–Crippen MR) is 56.1 cm³/mol. The van der Waals surface area contributed by atoms with Gasteiger partial charge in [-0.3, -0.25) is 9.17 Å². The van der Waals surface area contributed by atoms with Crippen LogP contribution < -0.4 is 11.3 Å². The van der Waals surface area contributed by atoms with Crippen LogP contribution in [0.15, 0.2) is 29.1 Å². The highest BCUT2D eigenvalue weighted by atomic mass is 32.1. The fourth-order valence-electron chi connectivity index (χ4n) is 1.18. The van der Waals surface area contributed by atoms with Crippen LogP contribution in [-0.4, -0.2) is 8.75 Å². The van der Waals surface area contributed by atoms with Crippen LogP contribution in [0.2, 0.25) is 0 Å². The molecule has 0 fully saturated rings. The van der Waals surface area contributed by atoms with Crippen molar-refractivity contribution in [2.24, 2.45) is 5.73 Å². The van der Waals surface area contributed by atoms with Gasteiger partial charge < -0.3 is 5.73 Å². The molecule has 0 saturated heterocycles. The Labute approximate surface area is 84.7 Å². The normalized spacial score (nSPS) is 10.4. The molecule has 0 amide bonds. The lowest BCUT2D eigenvalue weighted by Crippen LogP contribution is -2.01. The number of nitrogens with two attached hydrogens (primary N) is 1. The first kappa shape index (κ1) is 9.11. The van der Waals surface area contributed by atoms with Crippen LogP contribution in [0.3, 0.4) is 0 Å². The number of rotatable bonds is 2. The molecule has 4 nitrogen and oxygen atoms in total. The average Bonchev–Trinajstić information content (AvgIpc) is 2.65. The van der Waals surface area contributed by atoms with Crippen molar-refractivity contribution in [1.82, 2.24) is 8.75 Å². The Morgan fingerprint density at radius 3 is 2.57 bits per heavy atom. The summed E-state index contributed by atoms with van der Waals surface area (Å²) in [6, 6.07) is 7.50. The maximum Gasteiger partial charge on any atom is 0.285 e. The molecule has 0 radical (unpaired) electrons. The van der Waals surface area contributed by atoms with Crippen LogP contribution in [0.4, 0.5) is 0 Å². The Morgan fingerprint density at radius 1 is 1.36 bits per heavy atom. The van der Waals surface area contributed by atoms with E-state index in [1.54, 1.807) is 0 Å². The van der Waals surface area contributed by atoms with Crippen LogP contribution in [-0.2, 0) is 6.54 Å². The Hall–Kier alpha value is -1.46. The summed E-state index contributed by atoms with van der Waals surface area (Å²) in [6.45, 7) is 0.508. The zero-order valence-corrected chi connectivity index (χ0v) is 8.17. The van der Waals surface area contributed by atoms with E-state index in [2.05, 4.69) is 8.75 Å². The van der Waals surface area contributed by atoms with Gasteiger partial charge in [0.25, 0.3) is 5.56 Å². The number of aromatic nitrogens is 2. The Bertz CT molecular complexity index is 471. The smallest absolute Gasteiger partial charge is 0.285 e. The van der Waals surface area contributed by atoms with Gasteiger partial charge in [0.1, 0.15) is 0 Å². The number of H-pyrrole nitrogens is 1. The molecule has 0 bridgehead atoms. The van der Waals surface area contributed by atoms with E-state index in [-0.39, 0.29) is 5.56 Å². The SMILES string of the molecule is NCc1ccc(-c2ns[nH]c2=O)cc1. The molecule has 2 aromatic rings. The van der Waals surface area contributed by atoms with Crippen molar-refractivity contribution >= 4 is 11.7 Å². The third-order valence-corrected chi connectivity index (χ3v) is 2.50. The molecule has 14 heavy (non-hydrogen) atoms. The van der Waals surface area contributed by atoms with Gasteiger partial charge in [-0.2, -0.15) is 4.37 Å². The summed E-state index contributed by atoms with van der Waals surface area (Å²) in [6.07, 6.45) is 0. The van der Waals surface area contributed by atoms with Gasteiger partial charge >= 0.3 is 0 Å². The molecular weight excluding hydrogens is 198 g/mol. The van der Waals surface area contributed by atoms with E-state index in [9.17, 15) is 4.79 Å². The first-order valence-corrected chi connectivity index (χ1v) is 4.92. The summed E-state index contributed by atoms with van der Waals surface area (Å²) in [5.41, 5.74) is 7.66. The maximum atomic E-state index is 11.2. The van der Waals surface area contributed by atoms with Crippen molar-refractivity contribution in [1.29, 1.82) is 0 Å². The van der Waals surface area contributed by atoms with Gasteiger partial charge in [0.2, 0.25) is 0 Å². The largest absolute Gasteiger partial charge is 0.326 e. The highest BCUT2D eigenvalue weighted by molar-refractivity contribution is 6.99. The van der Waals surface area contributed by atoms with Gasteiger partial charge in [0.15, 0.2) is 5.69 Å². The van der Waals surface area contributed by atoms with Crippen LogP contribution in [0.25, 0.3) is 11.3 Å². The predicted octanol–water partition coefficient (Wildman–Crippen LogP) is 0.957. The third kappa shape index (κ3) is 1.59. The zero-order valence-electron chi connectivity index (χ0n) is 7.36. The number of nitrogens with zero attached hydrogens (tertiary/aromatic N) is 1. The van der Waals surface area contributed by atoms with Gasteiger partial charge in [-0.15, -0.1) is 0 Å². The second kappa shape index (κ2) is 3.73. The molecule has 1 aromatic carbocycles. The van der Waals surface area contributed by atoms with E-state index in [1.165, 1.54) is 0 Å². The van der Waals surface area contributed by atoms with Gasteiger partial charge in [-0.1, -0.05) is 24.3 Å². The van der Waals surface area contributed by atoms with E-state index in [0.717, 1.165) is 22.9 Å². The topological polar surface area (TPSA) is 71.8 Å². The number of benzene rings is 1. The number of hydrogen-bond donors (Lipinski definition) is 2. The highest BCUT2D eigenvalue weighted by Crippen LogP contribution is 2.13. The summed E-state index contributed by atoms with van der Waals surface area (Å²) in [5.74, 6) is 0. The minimum Gasteiger partial charge on any atom is -0.326 e. The minimum absolute atomic E-state index is 0.143. The fraction of sp³-hybridized carbons (Fsp3) is 0.111. The summed E-state index contributed by atoms with van der Waals surface area (Å²) in [7, 11) is 0. The van der Waals surface area contributed by atoms with Crippen molar-refractivity contribution in [3.05, 3.63) is 40.2 Å². The molecule has 0 spiro atoms. The molecule has 1 aromatic heterocycles. The molecule has 0 aliphatic rings. The minimum atomic E-state index is -0.143. The number of hydrogen-bond acceptors (Lipinski definition) is 4. The lowest BCUT2D eigenvalue weighted by molar-refractivity contribution is 1.07. The van der Waals surface area contributed by atoms with E-state index < -0.39 is 0 Å². The lowest BCUT2D eigenvalue weighted by atomic mass is 10.1. The van der Waals surface area contributed by atoms with E-state index >= 15 is 0 Å². The second-order valence-electron chi connectivity index (χ2n) is 2.86. The molecule has 0 aliphatic heterocycles. The highest BCUT2D eigenvalue weighted by Gasteiger charge is 2.04. The Morgan fingerprint density at radius 2 is 2.07 bits per heavy atom. The molecule has 0 aliphatic carbocycles. The summed E-state index contributed by atoms with van der Waals surface area (Å²) >= 11 is 1.06. The van der Waals surface area contributed by atoms with E-state index in [0.29, 0.717) is 12.2 Å². The number of aromatic amines is 1. The molecule has 2 rings (SSSR count). The summed E-state index contributed by atoms with van der Waals surface area (Å²) < 4.78 is 6.53. The summed E-state index contributed by atoms with van der Waals surface area (Å²) in [4.78, 5) is 11.2. The molecule has 72 valence electrons. The Balaban J connectivity index is 2.44. The number of nitrogens with one attached hydrogen (secondary N) is 1. The molecule has 1 heterocycles. The van der Waals surface area contributed by atoms with Crippen LogP contribution in [0.5, 0.6) is 0 Å². The molecule has 5 heteroatoms. The lowest BCUT2D eigenvalue weighted by Gasteiger charge is -1.97. The van der Waals surface area contributed by atoms with E-state index in [4.69, 9.17) is 5.73 Å². The third-order valence-electron chi connectivity index (χ3n) is 1.95. The Kier molecular flexibility index (Phi) is 2.43. The molecule has 0 unspecified atom stereocenters. The van der Waals surface area contributed by atoms with Gasteiger partial charge in [-0.25, -0.2) is 0 Å². The van der Waals surface area contributed by atoms with E-state index in [1.807, 2.05) is 24.3 Å². The average molecular weight is 207 g/mol. The first-order valence-electron chi connectivity index (χ1n) is 4.15. The van der Waals surface area contributed by atoms with Crippen molar-refractivity contribution in [3.8, 4) is 11.3 Å². The van der Waals surface area contributed by atoms with Crippen LogP contribution in [0, 0.1) is 0 Å².